The smallest absolute Gasteiger partial charge is 0.344 e. The van der Waals surface area contributed by atoms with Crippen LogP contribution in [0.2, 0.25) is 0 Å². The van der Waals surface area contributed by atoms with E-state index >= 15 is 0 Å². The molecule has 1 amide bonds. The van der Waals surface area contributed by atoms with Crippen molar-refractivity contribution in [1.29, 1.82) is 0 Å². The number of nitrogens with one attached hydrogen (secondary N) is 1. The van der Waals surface area contributed by atoms with E-state index in [1.165, 1.54) is 35.0 Å². The summed E-state index contributed by atoms with van der Waals surface area (Å²) in [5.74, 6) is -0.827. The van der Waals surface area contributed by atoms with Crippen molar-refractivity contribution >= 4 is 23.4 Å². The number of nitro groups is 1. The summed E-state index contributed by atoms with van der Waals surface area (Å²) in [7, 11) is 0. The summed E-state index contributed by atoms with van der Waals surface area (Å²) in [5, 5.41) is 17.7. The van der Waals surface area contributed by atoms with Crippen molar-refractivity contribution < 1.29 is 19.2 Å². The average Bonchev–Trinajstić information content (AvgIpc) is 3.22. The standard InChI is InChI=1S/C23H16N4O5/c28-22(16-11-13-19(14-12-16)27(30)31)24-20-15-21(26(25-20)18-9-5-2-6-10-18)32-23(29)17-7-3-1-4-8-17/h1-15H,(H,24,25,28). The van der Waals surface area contributed by atoms with Gasteiger partial charge in [0.05, 0.1) is 16.2 Å². The van der Waals surface area contributed by atoms with Gasteiger partial charge in [-0.3, -0.25) is 14.9 Å². The van der Waals surface area contributed by atoms with Gasteiger partial charge in [-0.05, 0) is 36.4 Å². The van der Waals surface area contributed by atoms with E-state index in [0.717, 1.165) is 0 Å². The SMILES string of the molecule is O=C(Nc1cc(OC(=O)c2ccccc2)n(-c2ccccc2)n1)c1ccc([N+](=O)[O-])cc1. The van der Waals surface area contributed by atoms with Gasteiger partial charge in [-0.2, -0.15) is 4.68 Å². The average molecular weight is 428 g/mol. The van der Waals surface area contributed by atoms with Crippen LogP contribution in [-0.2, 0) is 0 Å². The number of hydrogen-bond acceptors (Lipinski definition) is 6. The number of aromatic nitrogens is 2. The monoisotopic (exact) mass is 428 g/mol. The fraction of sp³-hybridized carbons (Fsp3) is 0. The largest absolute Gasteiger partial charge is 0.404 e. The third-order valence-corrected chi connectivity index (χ3v) is 4.47. The molecule has 0 saturated heterocycles. The van der Waals surface area contributed by atoms with E-state index in [1.54, 1.807) is 54.6 Å². The number of para-hydroxylation sites is 1. The summed E-state index contributed by atoms with van der Waals surface area (Å²) in [6, 6.07) is 24.1. The fourth-order valence-corrected chi connectivity index (χ4v) is 2.90. The molecule has 1 N–H and O–H groups in total. The van der Waals surface area contributed by atoms with Crippen LogP contribution in [0.3, 0.4) is 0 Å². The molecule has 9 heteroatoms. The minimum atomic E-state index is -0.573. The number of nitro benzene ring substituents is 1. The first kappa shape index (κ1) is 20.5. The Hall–Kier alpha value is -4.79. The van der Waals surface area contributed by atoms with E-state index in [9.17, 15) is 19.7 Å². The van der Waals surface area contributed by atoms with Gasteiger partial charge in [0.1, 0.15) is 0 Å². The predicted octanol–water partition coefficient (Wildman–Crippen LogP) is 4.25. The third-order valence-electron chi connectivity index (χ3n) is 4.47. The maximum atomic E-state index is 12.6. The normalized spacial score (nSPS) is 10.4. The molecule has 0 aliphatic heterocycles. The topological polar surface area (TPSA) is 116 Å². The van der Waals surface area contributed by atoms with Crippen LogP contribution >= 0.6 is 0 Å². The highest BCUT2D eigenvalue weighted by Gasteiger charge is 2.18. The van der Waals surface area contributed by atoms with Gasteiger partial charge >= 0.3 is 5.97 Å². The Balaban J connectivity index is 1.61. The quantitative estimate of drug-likeness (QED) is 0.279. The van der Waals surface area contributed by atoms with Crippen molar-refractivity contribution in [2.45, 2.75) is 0 Å². The van der Waals surface area contributed by atoms with Crippen LogP contribution in [0.1, 0.15) is 20.7 Å². The van der Waals surface area contributed by atoms with E-state index in [1.807, 2.05) is 6.07 Å². The van der Waals surface area contributed by atoms with Gasteiger partial charge in [0.2, 0.25) is 5.88 Å². The number of rotatable bonds is 6. The number of hydrogen-bond donors (Lipinski definition) is 1. The number of nitrogens with zero attached hydrogens (tertiary/aromatic N) is 3. The van der Waals surface area contributed by atoms with Gasteiger partial charge in [0.25, 0.3) is 11.6 Å². The molecule has 9 nitrogen and oxygen atoms in total. The Kier molecular flexibility index (Phi) is 5.71. The first-order valence-corrected chi connectivity index (χ1v) is 9.50. The Morgan fingerprint density at radius 1 is 0.875 bits per heavy atom. The number of amides is 1. The lowest BCUT2D eigenvalue weighted by Gasteiger charge is -2.07. The number of benzene rings is 3. The van der Waals surface area contributed by atoms with Gasteiger partial charge in [-0.25, -0.2) is 4.79 Å². The molecule has 4 rings (SSSR count). The summed E-state index contributed by atoms with van der Waals surface area (Å²) in [5.41, 5.74) is 1.08. The molecule has 0 aliphatic rings. The zero-order valence-corrected chi connectivity index (χ0v) is 16.5. The van der Waals surface area contributed by atoms with Crippen molar-refractivity contribution in [2.24, 2.45) is 0 Å². The molecule has 0 spiro atoms. The zero-order chi connectivity index (χ0) is 22.5. The molecule has 3 aromatic carbocycles. The Labute approximate surface area is 182 Å². The van der Waals surface area contributed by atoms with Gasteiger partial charge in [0, 0.05) is 23.8 Å². The molecule has 1 aromatic heterocycles. The Morgan fingerprint density at radius 3 is 2.12 bits per heavy atom. The summed E-state index contributed by atoms with van der Waals surface area (Å²) < 4.78 is 6.93. The van der Waals surface area contributed by atoms with Crippen LogP contribution < -0.4 is 10.1 Å². The summed E-state index contributed by atoms with van der Waals surface area (Å²) >= 11 is 0. The van der Waals surface area contributed by atoms with Crippen LogP contribution in [0.5, 0.6) is 5.88 Å². The highest BCUT2D eigenvalue weighted by Crippen LogP contribution is 2.24. The summed E-state index contributed by atoms with van der Waals surface area (Å²) in [6.45, 7) is 0. The molecule has 0 fully saturated rings. The fourth-order valence-electron chi connectivity index (χ4n) is 2.90. The van der Waals surface area contributed by atoms with Crippen molar-refractivity contribution in [3.8, 4) is 11.6 Å². The number of carbonyl (C=O) groups is 2. The van der Waals surface area contributed by atoms with E-state index in [0.29, 0.717) is 11.3 Å². The van der Waals surface area contributed by atoms with Crippen molar-refractivity contribution in [3.63, 3.8) is 0 Å². The molecular weight excluding hydrogens is 412 g/mol. The molecule has 32 heavy (non-hydrogen) atoms. The zero-order valence-electron chi connectivity index (χ0n) is 16.5. The van der Waals surface area contributed by atoms with Gasteiger partial charge < -0.3 is 10.1 Å². The van der Waals surface area contributed by atoms with Crippen LogP contribution in [0.4, 0.5) is 11.5 Å². The van der Waals surface area contributed by atoms with Crippen molar-refractivity contribution in [1.82, 2.24) is 9.78 Å². The highest BCUT2D eigenvalue weighted by atomic mass is 16.6. The number of esters is 1. The lowest BCUT2D eigenvalue weighted by atomic mass is 10.2. The molecule has 0 bridgehead atoms. The number of ether oxygens (including phenoxy) is 1. The van der Waals surface area contributed by atoms with E-state index in [2.05, 4.69) is 10.4 Å². The third kappa shape index (κ3) is 4.51. The van der Waals surface area contributed by atoms with E-state index in [4.69, 9.17) is 4.74 Å². The van der Waals surface area contributed by atoms with Crippen molar-refractivity contribution in [3.05, 3.63) is 112 Å². The molecule has 4 aromatic rings. The van der Waals surface area contributed by atoms with Crippen LogP contribution in [0.15, 0.2) is 91.0 Å². The summed E-state index contributed by atoms with van der Waals surface area (Å²) in [6.07, 6.45) is 0. The number of carbonyl (C=O) groups excluding carboxylic acids is 2. The second-order valence-electron chi connectivity index (χ2n) is 6.63. The predicted molar refractivity (Wildman–Crippen MR) is 116 cm³/mol. The molecule has 0 radical (unpaired) electrons. The summed E-state index contributed by atoms with van der Waals surface area (Å²) in [4.78, 5) is 35.3. The van der Waals surface area contributed by atoms with Crippen LogP contribution in [-0.4, -0.2) is 26.6 Å². The van der Waals surface area contributed by atoms with Gasteiger partial charge in [0.15, 0.2) is 5.82 Å². The maximum absolute atomic E-state index is 12.6. The molecule has 0 saturated carbocycles. The molecule has 0 aliphatic carbocycles. The molecule has 1 heterocycles. The Morgan fingerprint density at radius 2 is 1.50 bits per heavy atom. The highest BCUT2D eigenvalue weighted by molar-refractivity contribution is 6.04. The van der Waals surface area contributed by atoms with E-state index < -0.39 is 16.8 Å². The lowest BCUT2D eigenvalue weighted by Crippen LogP contribution is -2.12. The maximum Gasteiger partial charge on any atom is 0.344 e. The minimum Gasteiger partial charge on any atom is -0.404 e. The van der Waals surface area contributed by atoms with Crippen molar-refractivity contribution in [2.75, 3.05) is 5.32 Å². The lowest BCUT2D eigenvalue weighted by molar-refractivity contribution is -0.384. The van der Waals surface area contributed by atoms with Gasteiger partial charge in [-0.1, -0.05) is 36.4 Å². The number of non-ortho nitro benzene ring substituents is 1. The van der Waals surface area contributed by atoms with Crippen LogP contribution in [0.25, 0.3) is 5.69 Å². The number of anilines is 1. The minimum absolute atomic E-state index is 0.115. The molecule has 158 valence electrons. The molecule has 0 atom stereocenters. The van der Waals surface area contributed by atoms with Crippen LogP contribution in [0, 0.1) is 10.1 Å². The Bertz CT molecular complexity index is 1270. The second-order valence-corrected chi connectivity index (χ2v) is 6.63. The first-order chi connectivity index (χ1) is 15.5. The second kappa shape index (κ2) is 8.92. The van der Waals surface area contributed by atoms with Gasteiger partial charge in [-0.15, -0.1) is 5.10 Å². The molecule has 0 unspecified atom stereocenters. The first-order valence-electron chi connectivity index (χ1n) is 9.50. The van der Waals surface area contributed by atoms with E-state index in [-0.39, 0.29) is 22.9 Å². The molecular formula is C23H16N4O5.